The highest BCUT2D eigenvalue weighted by Crippen LogP contribution is 2.22. The highest BCUT2D eigenvalue weighted by Gasteiger charge is 2.30. The van der Waals surface area contributed by atoms with Gasteiger partial charge in [0.1, 0.15) is 0 Å². The van der Waals surface area contributed by atoms with Crippen LogP contribution in [0.3, 0.4) is 0 Å². The Morgan fingerprint density at radius 2 is 2.32 bits per heavy atom. The molecule has 19 heavy (non-hydrogen) atoms. The van der Waals surface area contributed by atoms with E-state index in [9.17, 15) is 9.59 Å². The van der Waals surface area contributed by atoms with Crippen LogP contribution >= 0.6 is 11.3 Å². The maximum atomic E-state index is 12.2. The van der Waals surface area contributed by atoms with E-state index < -0.39 is 5.97 Å². The average Bonchev–Trinajstić information content (AvgIpc) is 2.88. The van der Waals surface area contributed by atoms with Crippen LogP contribution < -0.4 is 0 Å². The molecule has 2 unspecified atom stereocenters. The Labute approximate surface area is 115 Å². The fraction of sp³-hybridized carbons (Fsp3) is 0.583. The fourth-order valence-electron chi connectivity index (χ4n) is 2.13. The van der Waals surface area contributed by atoms with Crippen molar-refractivity contribution < 1.29 is 19.4 Å². The Bertz CT molecular complexity index is 488. The number of methoxy groups -OCH3 is 1. The minimum atomic E-state index is -1.11. The second kappa shape index (κ2) is 5.66. The summed E-state index contributed by atoms with van der Waals surface area (Å²) in [6.45, 7) is 3.28. The summed E-state index contributed by atoms with van der Waals surface area (Å²) in [5.41, 5.74) is -0.0815. The molecule has 0 saturated carbocycles. The van der Waals surface area contributed by atoms with Gasteiger partial charge in [-0.05, 0) is 12.3 Å². The van der Waals surface area contributed by atoms with Gasteiger partial charge in [-0.25, -0.2) is 9.78 Å². The Morgan fingerprint density at radius 1 is 1.58 bits per heavy atom. The average molecular weight is 284 g/mol. The van der Waals surface area contributed by atoms with Crippen LogP contribution in [0.25, 0.3) is 0 Å². The number of piperidine rings is 1. The largest absolute Gasteiger partial charge is 0.476 e. The predicted octanol–water partition coefficient (Wildman–Crippen LogP) is 1.34. The number of amides is 1. The van der Waals surface area contributed by atoms with Gasteiger partial charge in [-0.3, -0.25) is 4.79 Å². The summed E-state index contributed by atoms with van der Waals surface area (Å²) in [5, 5.41) is 10.4. The molecular weight excluding hydrogens is 268 g/mol. The summed E-state index contributed by atoms with van der Waals surface area (Å²) in [4.78, 5) is 28.5. The third-order valence-electron chi connectivity index (χ3n) is 3.39. The normalized spacial score (nSPS) is 23.4. The number of hydrogen-bond acceptors (Lipinski definition) is 5. The van der Waals surface area contributed by atoms with Crippen molar-refractivity contribution in [2.45, 2.75) is 19.4 Å². The van der Waals surface area contributed by atoms with Gasteiger partial charge in [-0.2, -0.15) is 0 Å². The Kier molecular flexibility index (Phi) is 4.16. The standard InChI is InChI=1S/C12H16N2O4S/c1-7-3-4-14(5-9(7)18-2)11(15)10-13-8(6-19-10)12(16)17/h6-7,9H,3-5H2,1-2H3,(H,16,17). The summed E-state index contributed by atoms with van der Waals surface area (Å²) in [5.74, 6) is -0.913. The number of hydrogen-bond donors (Lipinski definition) is 1. The van der Waals surface area contributed by atoms with Crippen molar-refractivity contribution in [2.75, 3.05) is 20.2 Å². The van der Waals surface area contributed by atoms with Gasteiger partial charge in [-0.1, -0.05) is 6.92 Å². The van der Waals surface area contributed by atoms with Crippen molar-refractivity contribution in [3.8, 4) is 0 Å². The molecule has 0 spiro atoms. The van der Waals surface area contributed by atoms with Crippen LogP contribution in [0.5, 0.6) is 0 Å². The van der Waals surface area contributed by atoms with E-state index in [1.807, 2.05) is 0 Å². The number of rotatable bonds is 3. The molecule has 1 aliphatic heterocycles. The first kappa shape index (κ1) is 14.0. The van der Waals surface area contributed by atoms with Gasteiger partial charge in [0.2, 0.25) is 0 Å². The molecule has 2 atom stereocenters. The Morgan fingerprint density at radius 3 is 2.89 bits per heavy atom. The number of carbonyl (C=O) groups is 2. The van der Waals surface area contributed by atoms with Crippen LogP contribution in [0, 0.1) is 5.92 Å². The van der Waals surface area contributed by atoms with Crippen molar-refractivity contribution >= 4 is 23.2 Å². The van der Waals surface area contributed by atoms with Crippen LogP contribution in [0.1, 0.15) is 33.6 Å². The molecule has 1 amide bonds. The van der Waals surface area contributed by atoms with E-state index in [0.29, 0.717) is 19.0 Å². The monoisotopic (exact) mass is 284 g/mol. The Hall–Kier alpha value is -1.47. The molecule has 1 aromatic heterocycles. The lowest BCUT2D eigenvalue weighted by Gasteiger charge is -2.35. The highest BCUT2D eigenvalue weighted by atomic mass is 32.1. The first-order valence-electron chi connectivity index (χ1n) is 6.03. The van der Waals surface area contributed by atoms with Gasteiger partial charge in [0.15, 0.2) is 10.7 Å². The van der Waals surface area contributed by atoms with E-state index >= 15 is 0 Å². The number of carboxylic acids is 1. The van der Waals surface area contributed by atoms with Gasteiger partial charge in [0, 0.05) is 25.6 Å². The molecule has 0 aliphatic carbocycles. The van der Waals surface area contributed by atoms with E-state index in [0.717, 1.165) is 17.8 Å². The van der Waals surface area contributed by atoms with Gasteiger partial charge >= 0.3 is 5.97 Å². The summed E-state index contributed by atoms with van der Waals surface area (Å²) in [7, 11) is 1.64. The SMILES string of the molecule is COC1CN(C(=O)c2nc(C(=O)O)cs2)CCC1C. The van der Waals surface area contributed by atoms with Crippen molar-refractivity contribution in [1.29, 1.82) is 0 Å². The second-order valence-corrected chi connectivity index (χ2v) is 5.49. The van der Waals surface area contributed by atoms with E-state index in [2.05, 4.69) is 11.9 Å². The van der Waals surface area contributed by atoms with Crippen LogP contribution in [-0.4, -0.2) is 53.2 Å². The topological polar surface area (TPSA) is 79.7 Å². The minimum Gasteiger partial charge on any atom is -0.476 e. The number of aromatic nitrogens is 1. The summed E-state index contributed by atoms with van der Waals surface area (Å²) < 4.78 is 5.36. The minimum absolute atomic E-state index is 0.0246. The number of aromatic carboxylic acids is 1. The smallest absolute Gasteiger partial charge is 0.355 e. The molecule has 0 aromatic carbocycles. The molecule has 1 saturated heterocycles. The molecule has 0 radical (unpaired) electrons. The molecule has 1 aromatic rings. The van der Waals surface area contributed by atoms with Gasteiger partial charge in [-0.15, -0.1) is 11.3 Å². The molecule has 1 aliphatic rings. The second-order valence-electron chi connectivity index (χ2n) is 4.63. The van der Waals surface area contributed by atoms with Crippen molar-refractivity contribution in [3.63, 3.8) is 0 Å². The summed E-state index contributed by atoms with van der Waals surface area (Å²) >= 11 is 1.07. The molecule has 104 valence electrons. The zero-order valence-electron chi connectivity index (χ0n) is 10.8. The molecule has 0 bridgehead atoms. The van der Waals surface area contributed by atoms with Crippen molar-refractivity contribution in [1.82, 2.24) is 9.88 Å². The third-order valence-corrected chi connectivity index (χ3v) is 4.22. The number of carboxylic acid groups (broad SMARTS) is 1. The molecule has 1 fully saturated rings. The van der Waals surface area contributed by atoms with E-state index in [1.165, 1.54) is 5.38 Å². The number of ether oxygens (including phenoxy) is 1. The van der Waals surface area contributed by atoms with Crippen LogP contribution in [0.4, 0.5) is 0 Å². The zero-order chi connectivity index (χ0) is 14.0. The first-order valence-corrected chi connectivity index (χ1v) is 6.91. The molecule has 2 rings (SSSR count). The Balaban J connectivity index is 2.08. The van der Waals surface area contributed by atoms with E-state index in [4.69, 9.17) is 9.84 Å². The third kappa shape index (κ3) is 2.93. The molecule has 7 heteroatoms. The molecular formula is C12H16N2O4S. The lowest BCUT2D eigenvalue weighted by molar-refractivity contribution is -0.00157. The highest BCUT2D eigenvalue weighted by molar-refractivity contribution is 7.11. The lowest BCUT2D eigenvalue weighted by Crippen LogP contribution is -2.46. The molecule has 1 N–H and O–H groups in total. The quantitative estimate of drug-likeness (QED) is 0.906. The van der Waals surface area contributed by atoms with Crippen molar-refractivity contribution in [2.24, 2.45) is 5.92 Å². The number of likely N-dealkylation sites (tertiary alicyclic amines) is 1. The summed E-state index contributed by atoms with van der Waals surface area (Å²) in [6, 6.07) is 0. The van der Waals surface area contributed by atoms with Gasteiger partial charge in [0.25, 0.3) is 5.91 Å². The number of nitrogens with zero attached hydrogens (tertiary/aromatic N) is 2. The van der Waals surface area contributed by atoms with E-state index in [-0.39, 0.29) is 22.7 Å². The first-order chi connectivity index (χ1) is 9.02. The number of thiazole rings is 1. The molecule has 2 heterocycles. The summed E-state index contributed by atoms with van der Waals surface area (Å²) in [6.07, 6.45) is 0.901. The van der Waals surface area contributed by atoms with E-state index in [1.54, 1.807) is 12.0 Å². The maximum Gasteiger partial charge on any atom is 0.355 e. The van der Waals surface area contributed by atoms with Crippen LogP contribution in [0.15, 0.2) is 5.38 Å². The van der Waals surface area contributed by atoms with Crippen LogP contribution in [0.2, 0.25) is 0 Å². The fourth-order valence-corrected chi connectivity index (χ4v) is 2.89. The maximum absolute atomic E-state index is 12.2. The molecule has 6 nitrogen and oxygen atoms in total. The van der Waals surface area contributed by atoms with Crippen LogP contribution in [-0.2, 0) is 4.74 Å². The van der Waals surface area contributed by atoms with Gasteiger partial charge in [0.05, 0.1) is 6.10 Å². The van der Waals surface area contributed by atoms with Crippen molar-refractivity contribution in [3.05, 3.63) is 16.1 Å². The zero-order valence-corrected chi connectivity index (χ0v) is 11.6. The number of carbonyl (C=O) groups excluding carboxylic acids is 1. The van der Waals surface area contributed by atoms with Gasteiger partial charge < -0.3 is 14.7 Å². The predicted molar refractivity (Wildman–Crippen MR) is 69.6 cm³/mol. The lowest BCUT2D eigenvalue weighted by atomic mass is 9.96.